The van der Waals surface area contributed by atoms with Gasteiger partial charge in [-0.2, -0.15) is 0 Å². The highest BCUT2D eigenvalue weighted by Crippen LogP contribution is 2.37. The fourth-order valence-corrected chi connectivity index (χ4v) is 4.75. The summed E-state index contributed by atoms with van der Waals surface area (Å²) in [6.45, 7) is 12.4. The van der Waals surface area contributed by atoms with Crippen molar-refractivity contribution in [3.8, 4) is 0 Å². The summed E-state index contributed by atoms with van der Waals surface area (Å²) in [7, 11) is 0. The molecule has 0 amide bonds. The predicted molar refractivity (Wildman–Crippen MR) is 112 cm³/mol. The first-order valence-corrected chi connectivity index (χ1v) is 11.0. The number of piperazine rings is 1. The molecule has 0 spiro atoms. The van der Waals surface area contributed by atoms with E-state index in [2.05, 4.69) is 4.90 Å². The maximum absolute atomic E-state index is 15.5. The number of carbonyl (C=O) groups is 1. The summed E-state index contributed by atoms with van der Waals surface area (Å²) in [4.78, 5) is 16.3. The highest BCUT2D eigenvalue weighted by Gasteiger charge is 2.44. The van der Waals surface area contributed by atoms with Crippen LogP contribution in [0.25, 0.3) is 0 Å². The van der Waals surface area contributed by atoms with Crippen LogP contribution in [0.1, 0.15) is 56.1 Å². The molecule has 4 rings (SSSR count). The molecule has 4 atom stereocenters. The summed E-state index contributed by atoms with van der Waals surface area (Å²) in [5.41, 5.74) is -0.0571. The lowest BCUT2D eigenvalue weighted by molar-refractivity contribution is -0.255. The van der Waals surface area contributed by atoms with Crippen molar-refractivity contribution in [1.29, 1.82) is 0 Å². The van der Waals surface area contributed by atoms with E-state index in [0.29, 0.717) is 49.4 Å². The van der Waals surface area contributed by atoms with Crippen LogP contribution in [-0.4, -0.2) is 77.8 Å². The number of morpholine rings is 1. The van der Waals surface area contributed by atoms with Gasteiger partial charge >= 0.3 is 5.97 Å². The van der Waals surface area contributed by atoms with Crippen LogP contribution in [0.15, 0.2) is 12.1 Å². The quantitative estimate of drug-likeness (QED) is 0.576. The molecule has 0 aliphatic carbocycles. The van der Waals surface area contributed by atoms with Gasteiger partial charge in [-0.05, 0) is 40.7 Å². The number of aliphatic hydroxyl groups is 1. The van der Waals surface area contributed by atoms with Crippen LogP contribution in [0.5, 0.6) is 0 Å². The van der Waals surface area contributed by atoms with Gasteiger partial charge in [-0.25, -0.2) is 9.18 Å². The Hall–Kier alpha value is -1.58. The number of esters is 1. The Morgan fingerprint density at radius 1 is 1.32 bits per heavy atom. The van der Waals surface area contributed by atoms with Crippen LogP contribution < -0.4 is 0 Å². The van der Waals surface area contributed by atoms with Gasteiger partial charge in [-0.3, -0.25) is 9.80 Å². The van der Waals surface area contributed by atoms with Gasteiger partial charge in [-0.1, -0.05) is 6.07 Å². The fourth-order valence-electron chi connectivity index (χ4n) is 4.75. The SMILES string of the molecule is C[C@H]1Cc2c(ccc([C@]3(C)CN4CCN(C(O)OC(C)(C)C)C[C@@H]4CO3)c2F)C(=O)O1. The molecule has 0 saturated carbocycles. The normalized spacial score (nSPS) is 31.0. The highest BCUT2D eigenvalue weighted by molar-refractivity contribution is 5.92. The number of carbonyl (C=O) groups excluding carboxylic acids is 1. The minimum absolute atomic E-state index is 0.0933. The Labute approximate surface area is 183 Å². The van der Waals surface area contributed by atoms with Crippen molar-refractivity contribution in [2.75, 3.05) is 32.8 Å². The van der Waals surface area contributed by atoms with Gasteiger partial charge in [-0.15, -0.1) is 0 Å². The van der Waals surface area contributed by atoms with E-state index in [0.717, 1.165) is 6.54 Å². The van der Waals surface area contributed by atoms with Crippen LogP contribution >= 0.6 is 0 Å². The van der Waals surface area contributed by atoms with Crippen molar-refractivity contribution in [2.24, 2.45) is 0 Å². The third-order valence-electron chi connectivity index (χ3n) is 6.34. The fraction of sp³-hybridized carbons (Fsp3) is 0.696. The summed E-state index contributed by atoms with van der Waals surface area (Å²) in [6, 6.07) is 3.40. The molecule has 3 aliphatic rings. The lowest BCUT2D eigenvalue weighted by Crippen LogP contribution is -2.64. The molecule has 172 valence electrons. The zero-order valence-corrected chi connectivity index (χ0v) is 19.0. The second kappa shape index (κ2) is 8.08. The molecule has 0 radical (unpaired) electrons. The average Bonchev–Trinajstić information content (AvgIpc) is 2.67. The molecule has 1 aromatic rings. The van der Waals surface area contributed by atoms with Crippen molar-refractivity contribution < 1.29 is 28.5 Å². The minimum Gasteiger partial charge on any atom is -0.459 e. The van der Waals surface area contributed by atoms with Gasteiger partial charge in [0.1, 0.15) is 17.5 Å². The first kappa shape index (κ1) is 22.6. The van der Waals surface area contributed by atoms with Crippen molar-refractivity contribution >= 4 is 5.97 Å². The van der Waals surface area contributed by atoms with Crippen LogP contribution in [0.2, 0.25) is 0 Å². The number of hydrogen-bond donors (Lipinski definition) is 1. The molecule has 1 N–H and O–H groups in total. The van der Waals surface area contributed by atoms with E-state index in [-0.39, 0.29) is 18.0 Å². The molecule has 31 heavy (non-hydrogen) atoms. The Kier molecular flexibility index (Phi) is 5.89. The van der Waals surface area contributed by atoms with Gasteiger partial charge in [0.2, 0.25) is 6.41 Å². The zero-order chi connectivity index (χ0) is 22.6. The first-order chi connectivity index (χ1) is 14.5. The molecule has 3 heterocycles. The third-order valence-corrected chi connectivity index (χ3v) is 6.34. The second-order valence-corrected chi connectivity index (χ2v) is 10.1. The lowest BCUT2D eigenvalue weighted by Gasteiger charge is -2.50. The zero-order valence-electron chi connectivity index (χ0n) is 19.0. The van der Waals surface area contributed by atoms with Gasteiger partial charge in [0.15, 0.2) is 0 Å². The largest absolute Gasteiger partial charge is 0.459 e. The number of nitrogens with zero attached hydrogens (tertiary/aromatic N) is 2. The van der Waals surface area contributed by atoms with Crippen molar-refractivity contribution in [1.82, 2.24) is 9.80 Å². The molecule has 3 aliphatic heterocycles. The smallest absolute Gasteiger partial charge is 0.338 e. The Balaban J connectivity index is 1.49. The molecule has 7 nitrogen and oxygen atoms in total. The Bertz CT molecular complexity index is 857. The topological polar surface area (TPSA) is 71.5 Å². The number of cyclic esters (lactones) is 1. The minimum atomic E-state index is -0.963. The summed E-state index contributed by atoms with van der Waals surface area (Å²) in [5.74, 6) is -0.837. The number of ether oxygens (including phenoxy) is 3. The summed E-state index contributed by atoms with van der Waals surface area (Å²) in [5, 5.41) is 10.4. The Morgan fingerprint density at radius 2 is 2.06 bits per heavy atom. The summed E-state index contributed by atoms with van der Waals surface area (Å²) >= 11 is 0. The molecule has 8 heteroatoms. The van der Waals surface area contributed by atoms with E-state index >= 15 is 4.39 Å². The number of aliphatic hydroxyl groups excluding tert-OH is 1. The number of fused-ring (bicyclic) bond motifs is 2. The number of halogens is 1. The molecule has 2 fully saturated rings. The van der Waals surface area contributed by atoms with E-state index in [1.54, 1.807) is 19.1 Å². The maximum Gasteiger partial charge on any atom is 0.338 e. The molecule has 0 aromatic heterocycles. The van der Waals surface area contributed by atoms with Gasteiger partial charge in [0, 0.05) is 49.8 Å². The number of hydrogen-bond acceptors (Lipinski definition) is 7. The molecule has 2 saturated heterocycles. The van der Waals surface area contributed by atoms with Gasteiger partial charge in [0.25, 0.3) is 0 Å². The Morgan fingerprint density at radius 3 is 2.77 bits per heavy atom. The van der Waals surface area contributed by atoms with Crippen LogP contribution in [-0.2, 0) is 26.2 Å². The van der Waals surface area contributed by atoms with Crippen LogP contribution in [0.4, 0.5) is 4.39 Å². The van der Waals surface area contributed by atoms with Crippen molar-refractivity contribution in [2.45, 2.75) is 70.8 Å². The second-order valence-electron chi connectivity index (χ2n) is 10.1. The lowest BCUT2D eigenvalue weighted by atomic mass is 9.87. The van der Waals surface area contributed by atoms with E-state index in [4.69, 9.17) is 14.2 Å². The van der Waals surface area contributed by atoms with Crippen molar-refractivity contribution in [3.63, 3.8) is 0 Å². The third kappa shape index (κ3) is 4.50. The number of benzene rings is 1. The number of rotatable bonds is 3. The van der Waals surface area contributed by atoms with Crippen LogP contribution in [0.3, 0.4) is 0 Å². The monoisotopic (exact) mass is 436 g/mol. The maximum atomic E-state index is 15.5. The standard InChI is InChI=1S/C23H33FN2O5/c1-14-10-17-16(20(27)30-14)6-7-18(19(17)24)23(5)13-26-9-8-25(11-15(26)12-29-23)21(28)31-22(2,3)4/h6-7,14-15,21,28H,8-13H2,1-5H3/t14-,15+,21?,23-/m0/s1. The molecular formula is C23H33FN2O5. The molecular weight excluding hydrogens is 403 g/mol. The first-order valence-electron chi connectivity index (χ1n) is 11.0. The van der Waals surface area contributed by atoms with E-state index in [1.165, 1.54) is 0 Å². The average molecular weight is 437 g/mol. The van der Waals surface area contributed by atoms with E-state index < -0.39 is 23.6 Å². The van der Waals surface area contributed by atoms with Crippen LogP contribution in [0, 0.1) is 5.82 Å². The van der Waals surface area contributed by atoms with E-state index in [9.17, 15) is 9.90 Å². The van der Waals surface area contributed by atoms with Crippen molar-refractivity contribution in [3.05, 3.63) is 34.6 Å². The van der Waals surface area contributed by atoms with Gasteiger partial charge < -0.3 is 19.3 Å². The highest BCUT2D eigenvalue weighted by atomic mass is 19.1. The molecule has 0 bridgehead atoms. The molecule has 1 unspecified atom stereocenters. The molecule has 1 aromatic carbocycles. The predicted octanol–water partition coefficient (Wildman–Crippen LogP) is 2.25. The summed E-state index contributed by atoms with van der Waals surface area (Å²) < 4.78 is 32.7. The summed E-state index contributed by atoms with van der Waals surface area (Å²) in [6.07, 6.45) is -0.941. The van der Waals surface area contributed by atoms with E-state index in [1.807, 2.05) is 32.6 Å². The van der Waals surface area contributed by atoms with Gasteiger partial charge in [0.05, 0.1) is 17.8 Å².